The SMILES string of the molecule is [B]C([B])(OP1(=O)OCc2cc(C)cc(C)c2O1)[C@@]1(F)O[C@@]([B])(n2cc(Cl)c(=O)[nH]c2=O)[C@H](O)[C@@H]1O. The summed E-state index contributed by atoms with van der Waals surface area (Å²) in [6.45, 7) is 3.20. The fraction of sp³-hybridized carbons (Fsp3) is 0.444. The van der Waals surface area contributed by atoms with Crippen molar-refractivity contribution < 1.29 is 37.5 Å². The van der Waals surface area contributed by atoms with Crippen molar-refractivity contribution >= 4 is 43.0 Å². The third kappa shape index (κ3) is 4.13. The molecular formula is C18H16B3ClFN2O9P. The van der Waals surface area contributed by atoms with Crippen LogP contribution in [0, 0.1) is 13.8 Å². The second kappa shape index (κ2) is 8.34. The molecule has 3 heterocycles. The molecule has 1 saturated heterocycles. The Morgan fingerprint density at radius 2 is 1.97 bits per heavy atom. The number of hydrogen-bond acceptors (Lipinski definition) is 9. The van der Waals surface area contributed by atoms with E-state index in [0.29, 0.717) is 21.9 Å². The van der Waals surface area contributed by atoms with Gasteiger partial charge in [-0.1, -0.05) is 29.3 Å². The minimum atomic E-state index is -4.73. The molecule has 2 aromatic rings. The summed E-state index contributed by atoms with van der Waals surface area (Å²) in [5.41, 5.74) is -3.25. The van der Waals surface area contributed by atoms with Crippen LogP contribution in [-0.2, 0) is 30.6 Å². The van der Waals surface area contributed by atoms with Crippen LogP contribution in [0.5, 0.6) is 5.75 Å². The maximum atomic E-state index is 16.0. The molecule has 6 radical (unpaired) electrons. The zero-order chi connectivity index (χ0) is 26.1. The number of phosphoric acid groups is 1. The van der Waals surface area contributed by atoms with Crippen LogP contribution < -0.4 is 15.8 Å². The number of fused-ring (bicyclic) bond motifs is 1. The van der Waals surface area contributed by atoms with E-state index < -0.39 is 53.2 Å². The van der Waals surface area contributed by atoms with Gasteiger partial charge in [-0.3, -0.25) is 23.4 Å². The normalized spacial score (nSPS) is 32.7. The van der Waals surface area contributed by atoms with E-state index >= 15 is 4.39 Å². The maximum absolute atomic E-state index is 16.0. The van der Waals surface area contributed by atoms with Crippen molar-refractivity contribution in [3.05, 3.63) is 60.9 Å². The number of alkyl halides is 1. The monoisotopic (exact) mass is 522 g/mol. The van der Waals surface area contributed by atoms with Crippen LogP contribution >= 0.6 is 19.4 Å². The van der Waals surface area contributed by atoms with Crippen LogP contribution in [0.2, 0.25) is 5.02 Å². The number of nitrogens with zero attached hydrogens (tertiary/aromatic N) is 1. The number of aromatic nitrogens is 2. The fourth-order valence-electron chi connectivity index (χ4n) is 3.86. The molecule has 4 rings (SSSR count). The van der Waals surface area contributed by atoms with E-state index in [-0.39, 0.29) is 12.4 Å². The van der Waals surface area contributed by atoms with E-state index in [1.807, 2.05) is 6.92 Å². The Balaban J connectivity index is 1.68. The molecule has 1 unspecified atom stereocenters. The Hall–Kier alpha value is -1.86. The second-order valence-corrected chi connectivity index (χ2v) is 10.2. The number of aliphatic hydroxyl groups is 2. The number of aliphatic hydroxyl groups excluding tert-OH is 2. The smallest absolute Gasteiger partial charge is 0.403 e. The Bertz CT molecular complexity index is 1370. The maximum Gasteiger partial charge on any atom is 0.529 e. The van der Waals surface area contributed by atoms with Crippen LogP contribution in [0.3, 0.4) is 0 Å². The van der Waals surface area contributed by atoms with Crippen molar-refractivity contribution in [1.82, 2.24) is 9.55 Å². The third-order valence-corrected chi connectivity index (χ3v) is 7.21. The van der Waals surface area contributed by atoms with Crippen molar-refractivity contribution in [3.63, 3.8) is 0 Å². The number of aromatic amines is 1. The van der Waals surface area contributed by atoms with E-state index in [2.05, 4.69) is 0 Å². The minimum absolute atomic E-state index is 0.129. The first kappa shape index (κ1) is 26.2. The first-order chi connectivity index (χ1) is 16.0. The third-order valence-electron chi connectivity index (χ3n) is 5.56. The topological polar surface area (TPSA) is 149 Å². The van der Waals surface area contributed by atoms with E-state index in [1.54, 1.807) is 24.0 Å². The predicted molar refractivity (Wildman–Crippen MR) is 121 cm³/mol. The Morgan fingerprint density at radius 3 is 2.63 bits per heavy atom. The molecule has 2 aliphatic rings. The van der Waals surface area contributed by atoms with Crippen molar-refractivity contribution in [2.45, 2.75) is 49.5 Å². The molecule has 180 valence electrons. The fourth-order valence-corrected chi connectivity index (χ4v) is 5.42. The summed E-state index contributed by atoms with van der Waals surface area (Å²) in [5, 5.41) is 17.0. The van der Waals surface area contributed by atoms with Gasteiger partial charge in [0, 0.05) is 11.8 Å². The molecule has 0 saturated carbocycles. The number of nitrogens with one attached hydrogen (secondary N) is 1. The number of halogens is 2. The highest BCUT2D eigenvalue weighted by Gasteiger charge is 2.69. The van der Waals surface area contributed by atoms with Crippen LogP contribution in [0.15, 0.2) is 27.9 Å². The molecule has 11 nitrogen and oxygen atoms in total. The lowest BCUT2D eigenvalue weighted by Gasteiger charge is -2.42. The number of benzene rings is 1. The quantitative estimate of drug-likeness (QED) is 0.365. The molecule has 0 amide bonds. The number of rotatable bonds is 4. The Kier molecular flexibility index (Phi) is 6.25. The van der Waals surface area contributed by atoms with Gasteiger partial charge in [0.25, 0.3) is 11.4 Å². The van der Waals surface area contributed by atoms with Crippen molar-refractivity contribution in [3.8, 4) is 5.75 Å². The Labute approximate surface area is 206 Å². The summed E-state index contributed by atoms with van der Waals surface area (Å²) in [4.78, 5) is 25.5. The van der Waals surface area contributed by atoms with Gasteiger partial charge < -0.3 is 19.5 Å². The highest BCUT2D eigenvalue weighted by atomic mass is 35.5. The molecule has 17 heteroatoms. The average Bonchev–Trinajstić information content (AvgIpc) is 2.93. The van der Waals surface area contributed by atoms with Gasteiger partial charge in [0.05, 0.1) is 12.0 Å². The van der Waals surface area contributed by atoms with Crippen LogP contribution in [0.4, 0.5) is 4.39 Å². The molecular weight excluding hydrogens is 506 g/mol. The van der Waals surface area contributed by atoms with Gasteiger partial charge in [-0.15, -0.1) is 0 Å². The molecule has 0 spiro atoms. The van der Waals surface area contributed by atoms with Crippen LogP contribution in [0.25, 0.3) is 0 Å². The number of ether oxygens (including phenoxy) is 1. The molecule has 35 heavy (non-hydrogen) atoms. The summed E-state index contributed by atoms with van der Waals surface area (Å²) in [7, 11) is 12.6. The standard InChI is InChI=1S/C18H16B3ClFN2O9P/c1-7-3-8(2)11-9(4-7)6-31-35(30,32-11)34-18(20,21)16(23)12(26)13(27)17(19,33-16)25-5-10(22)14(28)24-15(25)29/h3-5,12-13,26-27H,6H2,1-2H3,(H,24,28,29)/t12-,13+,16-,17-,35?/m0/s1. The highest BCUT2D eigenvalue weighted by molar-refractivity contribution is 7.49. The molecule has 0 bridgehead atoms. The molecule has 5 atom stereocenters. The lowest BCUT2D eigenvalue weighted by atomic mass is 9.59. The van der Waals surface area contributed by atoms with Crippen LogP contribution in [-0.4, -0.2) is 66.8 Å². The zero-order valence-corrected chi connectivity index (χ0v) is 19.9. The van der Waals surface area contributed by atoms with Gasteiger partial charge in [-0.05, 0) is 19.4 Å². The van der Waals surface area contributed by atoms with E-state index in [9.17, 15) is 24.4 Å². The number of aryl methyl sites for hydroxylation is 2. The molecule has 1 fully saturated rings. The van der Waals surface area contributed by atoms with Gasteiger partial charge in [0.15, 0.2) is 0 Å². The van der Waals surface area contributed by atoms with Gasteiger partial charge in [-0.2, -0.15) is 0 Å². The highest BCUT2D eigenvalue weighted by Crippen LogP contribution is 2.59. The van der Waals surface area contributed by atoms with E-state index in [4.69, 9.17) is 53.4 Å². The summed E-state index contributed by atoms with van der Waals surface area (Å²) in [6.07, 6.45) is -4.47. The lowest BCUT2D eigenvalue weighted by molar-refractivity contribution is -0.240. The predicted octanol–water partition coefficient (Wildman–Crippen LogP) is -0.272. The Morgan fingerprint density at radius 1 is 1.31 bits per heavy atom. The van der Waals surface area contributed by atoms with Crippen molar-refractivity contribution in [2.24, 2.45) is 0 Å². The van der Waals surface area contributed by atoms with E-state index in [1.165, 1.54) is 0 Å². The second-order valence-electron chi connectivity index (χ2n) is 8.26. The van der Waals surface area contributed by atoms with Gasteiger partial charge in [0.1, 0.15) is 52.1 Å². The number of H-pyrrole nitrogens is 1. The number of hydrogen-bond donors (Lipinski definition) is 3. The first-order valence-electron chi connectivity index (χ1n) is 9.92. The average molecular weight is 522 g/mol. The van der Waals surface area contributed by atoms with E-state index in [0.717, 1.165) is 5.56 Å². The zero-order valence-electron chi connectivity index (χ0n) is 18.2. The first-order valence-corrected chi connectivity index (χ1v) is 11.8. The van der Waals surface area contributed by atoms with Crippen molar-refractivity contribution in [2.75, 3.05) is 0 Å². The molecule has 1 aromatic heterocycles. The summed E-state index contributed by atoms with van der Waals surface area (Å²) >= 11 is 5.69. The molecule has 1 aromatic carbocycles. The number of phosphoric ester groups is 1. The van der Waals surface area contributed by atoms with Gasteiger partial charge >= 0.3 is 13.5 Å². The summed E-state index contributed by atoms with van der Waals surface area (Å²) in [6, 6.07) is 3.43. The van der Waals surface area contributed by atoms with Gasteiger partial charge in [0.2, 0.25) is 0 Å². The lowest BCUT2D eigenvalue weighted by Crippen LogP contribution is -2.60. The molecule has 0 aliphatic carbocycles. The molecule has 2 aliphatic heterocycles. The largest absolute Gasteiger partial charge is 0.529 e. The summed E-state index contributed by atoms with van der Waals surface area (Å²) in [5.74, 6) is -3.68. The summed E-state index contributed by atoms with van der Waals surface area (Å²) < 4.78 is 49.9. The minimum Gasteiger partial charge on any atom is -0.403 e. The van der Waals surface area contributed by atoms with Crippen LogP contribution in [0.1, 0.15) is 16.7 Å². The van der Waals surface area contributed by atoms with Crippen molar-refractivity contribution in [1.29, 1.82) is 0 Å². The molecule has 3 N–H and O–H groups in total. The van der Waals surface area contributed by atoms with Gasteiger partial charge in [-0.25, -0.2) is 13.8 Å².